The fourth-order valence-electron chi connectivity index (χ4n) is 6.37. The second kappa shape index (κ2) is 12.9. The van der Waals surface area contributed by atoms with Crippen LogP contribution in [0.25, 0.3) is 32.9 Å². The summed E-state index contributed by atoms with van der Waals surface area (Å²) >= 11 is 6.64. The average molecular weight is 632 g/mol. The number of ether oxygens (including phenoxy) is 1. The number of piperazine rings is 1. The van der Waals surface area contributed by atoms with Crippen molar-refractivity contribution < 1.29 is 18.3 Å². The van der Waals surface area contributed by atoms with Crippen LogP contribution in [-0.4, -0.2) is 82.6 Å². The minimum atomic E-state index is -1.08. The van der Waals surface area contributed by atoms with Crippen molar-refractivity contribution in [1.82, 2.24) is 24.8 Å². The summed E-state index contributed by atoms with van der Waals surface area (Å²) in [5.74, 6) is -1.54. The van der Waals surface area contributed by atoms with Gasteiger partial charge in [0, 0.05) is 53.4 Å². The Labute approximate surface area is 264 Å². The first kappa shape index (κ1) is 30.6. The fourth-order valence-corrected chi connectivity index (χ4v) is 6.65. The Kier molecular flexibility index (Phi) is 8.79. The molecule has 0 spiro atoms. The van der Waals surface area contributed by atoms with Gasteiger partial charge in [0.2, 0.25) is 0 Å². The van der Waals surface area contributed by atoms with Crippen molar-refractivity contribution >= 4 is 45.1 Å². The monoisotopic (exact) mass is 631 g/mol. The summed E-state index contributed by atoms with van der Waals surface area (Å²) in [4.78, 5) is 32.1. The fraction of sp³-hybridized carbons (Fsp3) is 0.364. The van der Waals surface area contributed by atoms with E-state index in [1.54, 1.807) is 12.3 Å². The highest BCUT2D eigenvalue weighted by Gasteiger charge is 2.34. The van der Waals surface area contributed by atoms with E-state index in [1.165, 1.54) is 4.90 Å². The Hall–Kier alpha value is -4.40. The first-order chi connectivity index (χ1) is 21.8. The van der Waals surface area contributed by atoms with E-state index >= 15 is 4.39 Å². The lowest BCUT2D eigenvalue weighted by Gasteiger charge is -2.41. The van der Waals surface area contributed by atoms with Crippen LogP contribution >= 0.6 is 11.6 Å². The third-order valence-electron chi connectivity index (χ3n) is 8.73. The third kappa shape index (κ3) is 5.88. The lowest BCUT2D eigenvalue weighted by atomic mass is 9.95. The van der Waals surface area contributed by atoms with E-state index < -0.39 is 24.5 Å². The number of hydrogen-bond donors (Lipinski definition) is 0. The smallest absolute Gasteiger partial charge is 0.319 e. The molecular formula is C33H32ClF2N7O2. The number of anilines is 1. The molecule has 9 nitrogen and oxygen atoms in total. The Morgan fingerprint density at radius 1 is 1.13 bits per heavy atom. The zero-order valence-electron chi connectivity index (χ0n) is 24.8. The van der Waals surface area contributed by atoms with Gasteiger partial charge in [0.25, 0.3) is 5.91 Å². The van der Waals surface area contributed by atoms with Gasteiger partial charge in [-0.1, -0.05) is 48.5 Å². The second-order valence-electron chi connectivity index (χ2n) is 11.4. The van der Waals surface area contributed by atoms with Crippen molar-refractivity contribution in [2.75, 3.05) is 44.7 Å². The predicted molar refractivity (Wildman–Crippen MR) is 169 cm³/mol. The van der Waals surface area contributed by atoms with Gasteiger partial charge in [-0.15, -0.1) is 0 Å². The molecule has 2 atom stereocenters. The molecule has 2 aromatic heterocycles. The largest absolute Gasteiger partial charge is 0.462 e. The van der Waals surface area contributed by atoms with Crippen molar-refractivity contribution in [2.45, 2.75) is 38.0 Å². The molecule has 0 saturated carbocycles. The number of nitrogens with zero attached hydrogens (tertiary/aromatic N) is 7. The van der Waals surface area contributed by atoms with E-state index in [-0.39, 0.29) is 38.1 Å². The molecule has 0 N–H and O–H groups in total. The topological polar surface area (TPSA) is 98.5 Å². The average Bonchev–Trinajstić information content (AvgIpc) is 3.46. The number of fused-ring (bicyclic) bond motifs is 2. The van der Waals surface area contributed by atoms with E-state index in [0.29, 0.717) is 39.6 Å². The van der Waals surface area contributed by atoms with Gasteiger partial charge in [-0.05, 0) is 43.5 Å². The van der Waals surface area contributed by atoms with E-state index in [2.05, 4.69) is 17.5 Å². The number of likely N-dealkylation sites (N-methyl/N-ethyl adjacent to an activating group) is 1. The molecule has 1 unspecified atom stereocenters. The van der Waals surface area contributed by atoms with Gasteiger partial charge in [-0.2, -0.15) is 15.2 Å². The van der Waals surface area contributed by atoms with E-state index in [9.17, 15) is 14.4 Å². The zero-order chi connectivity index (χ0) is 31.7. The second-order valence-corrected chi connectivity index (χ2v) is 11.8. The van der Waals surface area contributed by atoms with Gasteiger partial charge in [-0.25, -0.2) is 8.78 Å². The Bertz CT molecular complexity index is 1830. The molecule has 0 bridgehead atoms. The molecule has 1 amide bonds. The lowest BCUT2D eigenvalue weighted by molar-refractivity contribution is -0.131. The molecule has 12 heteroatoms. The SMILES string of the molecule is C=C(F)C(=O)N1CCN(c2nc(OCC3CCCN3C)nc3c(CF)c(-c4cccc5cccc(Cl)c45)cnc23)C[C@@H]1CC#N. The number of rotatable bonds is 8. The summed E-state index contributed by atoms with van der Waals surface area (Å²) in [7, 11) is 2.04. The van der Waals surface area contributed by atoms with Crippen LogP contribution in [0.15, 0.2) is 55.0 Å². The van der Waals surface area contributed by atoms with Crippen LogP contribution in [-0.2, 0) is 11.5 Å². The first-order valence-electron chi connectivity index (χ1n) is 14.8. The molecule has 2 aromatic carbocycles. The summed E-state index contributed by atoms with van der Waals surface area (Å²) in [5, 5.41) is 11.7. The minimum Gasteiger partial charge on any atom is -0.462 e. The predicted octanol–water partition coefficient (Wildman–Crippen LogP) is 5.85. The van der Waals surface area contributed by atoms with Gasteiger partial charge in [-0.3, -0.25) is 9.78 Å². The van der Waals surface area contributed by atoms with Crippen molar-refractivity contribution in [2.24, 2.45) is 0 Å². The van der Waals surface area contributed by atoms with Gasteiger partial charge >= 0.3 is 6.01 Å². The van der Waals surface area contributed by atoms with Crippen molar-refractivity contribution in [1.29, 1.82) is 5.26 Å². The summed E-state index contributed by atoms with van der Waals surface area (Å²) < 4.78 is 35.1. The van der Waals surface area contributed by atoms with E-state index in [1.807, 2.05) is 42.3 Å². The molecule has 6 rings (SSSR count). The van der Waals surface area contributed by atoms with Crippen LogP contribution in [0.2, 0.25) is 5.02 Å². The van der Waals surface area contributed by atoms with Crippen LogP contribution in [0.5, 0.6) is 6.01 Å². The van der Waals surface area contributed by atoms with Crippen molar-refractivity contribution in [3.05, 3.63) is 65.6 Å². The van der Waals surface area contributed by atoms with E-state index in [0.717, 1.165) is 35.7 Å². The number of nitriles is 1. The molecule has 232 valence electrons. The molecule has 0 radical (unpaired) electrons. The van der Waals surface area contributed by atoms with Gasteiger partial charge in [0.1, 0.15) is 24.3 Å². The summed E-state index contributed by atoms with van der Waals surface area (Å²) in [6.45, 7) is 4.21. The number of carbonyl (C=O) groups excluding carboxylic acids is 1. The van der Waals surface area contributed by atoms with Crippen molar-refractivity contribution in [3.8, 4) is 23.2 Å². The number of amides is 1. The zero-order valence-corrected chi connectivity index (χ0v) is 25.6. The highest BCUT2D eigenvalue weighted by molar-refractivity contribution is 6.36. The summed E-state index contributed by atoms with van der Waals surface area (Å²) in [5.41, 5.74) is 2.24. The van der Waals surface area contributed by atoms with Crippen molar-refractivity contribution in [3.63, 3.8) is 0 Å². The van der Waals surface area contributed by atoms with Gasteiger partial charge < -0.3 is 19.4 Å². The van der Waals surface area contributed by atoms with Gasteiger partial charge in [0.05, 0.1) is 18.5 Å². The quantitative estimate of drug-likeness (QED) is 0.223. The maximum atomic E-state index is 15.2. The summed E-state index contributed by atoms with van der Waals surface area (Å²) in [6.07, 6.45) is 3.63. The highest BCUT2D eigenvalue weighted by atomic mass is 35.5. The first-order valence-corrected chi connectivity index (χ1v) is 15.2. The Balaban J connectivity index is 1.48. The number of alkyl halides is 1. The van der Waals surface area contributed by atoms with Crippen LogP contribution in [0, 0.1) is 11.3 Å². The molecule has 45 heavy (non-hydrogen) atoms. The Morgan fingerprint density at radius 2 is 1.93 bits per heavy atom. The lowest BCUT2D eigenvalue weighted by Crippen LogP contribution is -2.55. The molecule has 4 aromatic rings. The van der Waals surface area contributed by atoms with Crippen LogP contribution in [0.3, 0.4) is 0 Å². The number of aromatic nitrogens is 3. The van der Waals surface area contributed by atoms with Crippen LogP contribution in [0.4, 0.5) is 14.6 Å². The number of carbonyl (C=O) groups is 1. The molecule has 2 saturated heterocycles. The van der Waals surface area contributed by atoms with E-state index in [4.69, 9.17) is 31.3 Å². The standard InChI is InChI=1S/C33H32ClF2N7O2/c1-20(36)32(44)43-15-14-42(18-22(43)11-12-37)31-30-29(39-33(40-31)45-19-23-8-5-13-41(23)2)25(16-35)26(17-38-30)24-9-3-6-21-7-4-10-27(34)28(21)24/h3-4,6-7,9-10,17,22-23H,1,5,8,11,13-16,18-19H2,2H3/t22-,23?/m0/s1. The number of hydrogen-bond acceptors (Lipinski definition) is 8. The van der Waals surface area contributed by atoms with Crippen LogP contribution < -0.4 is 9.64 Å². The normalized spacial score (nSPS) is 18.8. The third-order valence-corrected chi connectivity index (χ3v) is 9.05. The maximum Gasteiger partial charge on any atom is 0.319 e. The summed E-state index contributed by atoms with van der Waals surface area (Å²) in [6, 6.07) is 13.1. The highest BCUT2D eigenvalue weighted by Crippen LogP contribution is 2.39. The molecule has 2 aliphatic heterocycles. The molecule has 2 fully saturated rings. The number of benzene rings is 2. The number of pyridine rings is 1. The Morgan fingerprint density at radius 3 is 2.64 bits per heavy atom. The number of likely N-dealkylation sites (tertiary alicyclic amines) is 1. The molecule has 0 aliphatic carbocycles. The number of halogens is 3. The minimum absolute atomic E-state index is 0.0228. The van der Waals surface area contributed by atoms with Gasteiger partial charge in [0.15, 0.2) is 11.6 Å². The molecular weight excluding hydrogens is 600 g/mol. The molecule has 2 aliphatic rings. The van der Waals surface area contributed by atoms with Crippen LogP contribution in [0.1, 0.15) is 24.8 Å². The molecule has 4 heterocycles. The maximum absolute atomic E-state index is 15.2.